The van der Waals surface area contributed by atoms with Gasteiger partial charge in [-0.1, -0.05) is 29.3 Å². The lowest BCUT2D eigenvalue weighted by Crippen LogP contribution is -2.35. The maximum absolute atomic E-state index is 12.7. The Hall–Kier alpha value is -2.50. The van der Waals surface area contributed by atoms with E-state index in [-0.39, 0.29) is 18.2 Å². The lowest BCUT2D eigenvalue weighted by Gasteiger charge is -2.17. The summed E-state index contributed by atoms with van der Waals surface area (Å²) in [4.78, 5) is 29.3. The molecular formula is C18H13Cl2N3O2. The van der Waals surface area contributed by atoms with Crippen molar-refractivity contribution in [3.05, 3.63) is 58.7 Å². The highest BCUT2D eigenvalue weighted by Crippen LogP contribution is 2.33. The minimum Gasteiger partial charge on any atom is -0.373 e. The van der Waals surface area contributed by atoms with E-state index in [2.05, 4.69) is 10.3 Å². The Kier molecular flexibility index (Phi) is 3.90. The molecule has 1 aliphatic rings. The highest BCUT2D eigenvalue weighted by Gasteiger charge is 2.40. The van der Waals surface area contributed by atoms with Crippen molar-refractivity contribution in [2.45, 2.75) is 12.5 Å². The first-order chi connectivity index (χ1) is 12.0. The Morgan fingerprint density at radius 3 is 2.76 bits per heavy atom. The van der Waals surface area contributed by atoms with Crippen LogP contribution in [0.3, 0.4) is 0 Å². The molecule has 2 heterocycles. The Labute approximate surface area is 153 Å². The van der Waals surface area contributed by atoms with Gasteiger partial charge in [0.05, 0.1) is 17.1 Å². The first kappa shape index (κ1) is 16.0. The van der Waals surface area contributed by atoms with Crippen molar-refractivity contribution in [1.82, 2.24) is 4.98 Å². The molecule has 1 atom stereocenters. The van der Waals surface area contributed by atoms with Crippen LogP contribution in [-0.4, -0.2) is 22.8 Å². The van der Waals surface area contributed by atoms with Gasteiger partial charge in [-0.25, -0.2) is 4.90 Å². The van der Waals surface area contributed by atoms with Gasteiger partial charge in [0, 0.05) is 22.4 Å². The fraction of sp³-hybridized carbons (Fsp3) is 0.111. The summed E-state index contributed by atoms with van der Waals surface area (Å²) in [7, 11) is 0. The topological polar surface area (TPSA) is 65.2 Å². The zero-order valence-corrected chi connectivity index (χ0v) is 14.4. The number of anilines is 2. The van der Waals surface area contributed by atoms with E-state index in [0.717, 1.165) is 21.5 Å². The fourth-order valence-corrected chi connectivity index (χ4v) is 3.36. The van der Waals surface area contributed by atoms with Gasteiger partial charge in [-0.2, -0.15) is 0 Å². The molecule has 126 valence electrons. The zero-order chi connectivity index (χ0) is 17.6. The van der Waals surface area contributed by atoms with Crippen LogP contribution in [0.5, 0.6) is 0 Å². The minimum atomic E-state index is -0.644. The van der Waals surface area contributed by atoms with E-state index < -0.39 is 6.04 Å². The van der Waals surface area contributed by atoms with E-state index in [1.807, 2.05) is 30.5 Å². The Balaban J connectivity index is 1.61. The van der Waals surface area contributed by atoms with Crippen LogP contribution in [0.1, 0.15) is 6.42 Å². The number of aromatic amines is 1. The van der Waals surface area contributed by atoms with Crippen molar-refractivity contribution >= 4 is 57.3 Å². The summed E-state index contributed by atoms with van der Waals surface area (Å²) >= 11 is 12.1. The van der Waals surface area contributed by atoms with Crippen molar-refractivity contribution < 1.29 is 9.59 Å². The molecule has 2 N–H and O–H groups in total. The molecule has 0 bridgehead atoms. The molecule has 3 aromatic rings. The second-order valence-electron chi connectivity index (χ2n) is 5.84. The number of H-pyrrole nitrogens is 1. The maximum Gasteiger partial charge on any atom is 0.256 e. The first-order valence-corrected chi connectivity index (χ1v) is 8.44. The normalized spacial score (nSPS) is 17.5. The van der Waals surface area contributed by atoms with Gasteiger partial charge in [-0.15, -0.1) is 0 Å². The molecule has 7 heteroatoms. The van der Waals surface area contributed by atoms with E-state index in [1.54, 1.807) is 12.1 Å². The van der Waals surface area contributed by atoms with Gasteiger partial charge in [0.15, 0.2) is 0 Å². The molecular weight excluding hydrogens is 361 g/mol. The quantitative estimate of drug-likeness (QED) is 0.675. The first-order valence-electron chi connectivity index (χ1n) is 7.68. The number of fused-ring (bicyclic) bond motifs is 1. The van der Waals surface area contributed by atoms with Crippen molar-refractivity contribution in [3.63, 3.8) is 0 Å². The summed E-state index contributed by atoms with van der Waals surface area (Å²) in [5.41, 5.74) is 2.03. The number of nitrogens with one attached hydrogen (secondary N) is 2. The van der Waals surface area contributed by atoms with Crippen LogP contribution in [-0.2, 0) is 9.59 Å². The summed E-state index contributed by atoms with van der Waals surface area (Å²) < 4.78 is 0. The number of halogens is 2. The van der Waals surface area contributed by atoms with E-state index in [0.29, 0.717) is 15.7 Å². The van der Waals surface area contributed by atoms with Gasteiger partial charge in [0.25, 0.3) is 5.91 Å². The van der Waals surface area contributed by atoms with Crippen LogP contribution in [0.2, 0.25) is 10.0 Å². The summed E-state index contributed by atoms with van der Waals surface area (Å²) in [5.74, 6) is -0.659. The molecule has 0 radical (unpaired) electrons. The van der Waals surface area contributed by atoms with Crippen LogP contribution in [0.4, 0.5) is 11.4 Å². The average Bonchev–Trinajstić information content (AvgIpc) is 3.15. The Bertz CT molecular complexity index is 999. The lowest BCUT2D eigenvalue weighted by molar-refractivity contribution is -0.121. The molecule has 2 aromatic carbocycles. The number of nitrogens with zero attached hydrogens (tertiary/aromatic N) is 1. The zero-order valence-electron chi connectivity index (χ0n) is 12.9. The average molecular weight is 374 g/mol. The molecule has 4 rings (SSSR count). The molecule has 1 saturated heterocycles. The summed E-state index contributed by atoms with van der Waals surface area (Å²) in [6.45, 7) is 0. The number of carbonyl (C=O) groups excluding carboxylic acids is 2. The van der Waals surface area contributed by atoms with Gasteiger partial charge in [-0.3, -0.25) is 9.59 Å². The van der Waals surface area contributed by atoms with E-state index in [9.17, 15) is 9.59 Å². The van der Waals surface area contributed by atoms with Crippen molar-refractivity contribution in [2.24, 2.45) is 0 Å². The van der Waals surface area contributed by atoms with E-state index >= 15 is 0 Å². The van der Waals surface area contributed by atoms with Crippen molar-refractivity contribution in [2.75, 3.05) is 10.2 Å². The monoisotopic (exact) mass is 373 g/mol. The smallest absolute Gasteiger partial charge is 0.256 e. The van der Waals surface area contributed by atoms with Gasteiger partial charge < -0.3 is 10.3 Å². The number of amides is 2. The molecule has 0 saturated carbocycles. The number of rotatable bonds is 3. The number of hydrogen-bond acceptors (Lipinski definition) is 3. The van der Waals surface area contributed by atoms with Crippen LogP contribution >= 0.6 is 23.2 Å². The highest BCUT2D eigenvalue weighted by molar-refractivity contribution is 6.37. The largest absolute Gasteiger partial charge is 0.373 e. The molecule has 1 aliphatic heterocycles. The number of hydrogen-bond donors (Lipinski definition) is 2. The molecule has 2 amide bonds. The Morgan fingerprint density at radius 2 is 1.92 bits per heavy atom. The number of benzene rings is 2. The van der Waals surface area contributed by atoms with Crippen LogP contribution in [0.15, 0.2) is 48.7 Å². The van der Waals surface area contributed by atoms with Crippen LogP contribution < -0.4 is 10.2 Å². The van der Waals surface area contributed by atoms with Crippen molar-refractivity contribution in [1.29, 1.82) is 0 Å². The van der Waals surface area contributed by atoms with Gasteiger partial charge in [0.1, 0.15) is 6.04 Å². The fourth-order valence-electron chi connectivity index (χ4n) is 2.99. The molecule has 25 heavy (non-hydrogen) atoms. The number of imide groups is 1. The predicted molar refractivity (Wildman–Crippen MR) is 99.3 cm³/mol. The third-order valence-corrected chi connectivity index (χ3v) is 4.75. The SMILES string of the molecule is O=C1C[C@H](Nc2ccc3cc[nH]c3c2)C(=O)N1c1cc(Cl)ccc1Cl. The van der Waals surface area contributed by atoms with Gasteiger partial charge in [0.2, 0.25) is 5.91 Å². The molecule has 0 aliphatic carbocycles. The number of carbonyl (C=O) groups is 2. The van der Waals surface area contributed by atoms with Crippen LogP contribution in [0, 0.1) is 0 Å². The molecule has 1 aromatic heterocycles. The molecule has 0 unspecified atom stereocenters. The minimum absolute atomic E-state index is 0.0600. The van der Waals surface area contributed by atoms with Gasteiger partial charge in [-0.05, 0) is 41.8 Å². The second kappa shape index (κ2) is 6.10. The van der Waals surface area contributed by atoms with Crippen molar-refractivity contribution in [3.8, 4) is 0 Å². The van der Waals surface area contributed by atoms with E-state index in [1.165, 1.54) is 6.07 Å². The number of aromatic nitrogens is 1. The van der Waals surface area contributed by atoms with Gasteiger partial charge >= 0.3 is 0 Å². The Morgan fingerprint density at radius 1 is 1.08 bits per heavy atom. The summed E-state index contributed by atoms with van der Waals surface area (Å²) in [6.07, 6.45) is 1.91. The maximum atomic E-state index is 12.7. The highest BCUT2D eigenvalue weighted by atomic mass is 35.5. The third kappa shape index (κ3) is 2.86. The molecule has 1 fully saturated rings. The predicted octanol–water partition coefficient (Wildman–Crippen LogP) is 4.22. The van der Waals surface area contributed by atoms with E-state index in [4.69, 9.17) is 23.2 Å². The summed E-state index contributed by atoms with van der Waals surface area (Å²) in [5, 5.41) is 4.92. The lowest BCUT2D eigenvalue weighted by atomic mass is 10.2. The molecule has 0 spiro atoms. The third-order valence-electron chi connectivity index (χ3n) is 4.19. The van der Waals surface area contributed by atoms with Crippen LogP contribution in [0.25, 0.3) is 10.9 Å². The summed E-state index contributed by atoms with van der Waals surface area (Å²) in [6, 6.07) is 11.8. The second-order valence-corrected chi connectivity index (χ2v) is 6.69. The standard InChI is InChI=1S/C18H13Cl2N3O2/c19-11-2-4-13(20)16(7-11)23-17(24)9-15(18(23)25)22-12-3-1-10-5-6-21-14(10)8-12/h1-8,15,21-22H,9H2/t15-/m0/s1. The molecule has 5 nitrogen and oxygen atoms in total.